The van der Waals surface area contributed by atoms with E-state index in [0.29, 0.717) is 24.1 Å². The van der Waals surface area contributed by atoms with E-state index in [2.05, 4.69) is 43.8 Å². The molecule has 0 amide bonds. The second-order valence-corrected chi connectivity index (χ2v) is 9.59. The van der Waals surface area contributed by atoms with Gasteiger partial charge in [0, 0.05) is 28.9 Å². The van der Waals surface area contributed by atoms with Crippen molar-refractivity contribution in [3.8, 4) is 0 Å². The number of rotatable bonds is 7. The smallest absolute Gasteiger partial charge is 0.339 e. The monoisotopic (exact) mass is 490 g/mol. The molecule has 5 rings (SSSR count). The van der Waals surface area contributed by atoms with Crippen LogP contribution in [0.2, 0.25) is 0 Å². The Kier molecular flexibility index (Phi) is 6.62. The normalized spacial score (nSPS) is 13.6. The summed E-state index contributed by atoms with van der Waals surface area (Å²) < 4.78 is 7.66. The molecular formula is C32H30N2O3. The number of pyridine rings is 1. The standard InChI is InChI=1S/C32H30N2O3/c1-5-16-34-21(3)17-27(22(34)4)29(35)19-37-32(36)30-25-8-6-7-9-28(25)33-31-24(14-15-26(30)31)18-23-12-10-20(2)11-13-23/h5-13,17-18H,1,14-16,19H2,2-4H3. The molecule has 1 aliphatic rings. The SMILES string of the molecule is C=CCn1c(C)cc(C(=O)COC(=O)c2c3c(nc4ccccc24)C(=Cc2ccc(C)cc2)CC3)c1C. The van der Waals surface area contributed by atoms with E-state index in [9.17, 15) is 9.59 Å². The Balaban J connectivity index is 1.46. The summed E-state index contributed by atoms with van der Waals surface area (Å²) in [5, 5.41) is 0.749. The summed E-state index contributed by atoms with van der Waals surface area (Å²) >= 11 is 0. The van der Waals surface area contributed by atoms with Gasteiger partial charge in [-0.3, -0.25) is 4.79 Å². The van der Waals surface area contributed by atoms with Crippen LogP contribution in [0.3, 0.4) is 0 Å². The van der Waals surface area contributed by atoms with Crippen molar-refractivity contribution in [3.05, 3.63) is 112 Å². The van der Waals surface area contributed by atoms with Crippen molar-refractivity contribution in [2.75, 3.05) is 6.61 Å². The molecule has 186 valence electrons. The number of nitrogens with zero attached hydrogens (tertiary/aromatic N) is 2. The zero-order chi connectivity index (χ0) is 26.1. The van der Waals surface area contributed by atoms with Crippen molar-refractivity contribution in [3.63, 3.8) is 0 Å². The number of fused-ring (bicyclic) bond motifs is 2. The lowest BCUT2D eigenvalue weighted by atomic mass is 10.0. The minimum absolute atomic E-state index is 0.216. The Morgan fingerprint density at radius 1 is 1.05 bits per heavy atom. The number of benzene rings is 2. The Labute approximate surface area is 217 Å². The number of ketones is 1. The molecule has 0 saturated carbocycles. The average molecular weight is 491 g/mol. The van der Waals surface area contributed by atoms with Gasteiger partial charge in [-0.05, 0) is 68.5 Å². The van der Waals surface area contributed by atoms with E-state index >= 15 is 0 Å². The van der Waals surface area contributed by atoms with E-state index in [-0.39, 0.29) is 12.4 Å². The van der Waals surface area contributed by atoms with Gasteiger partial charge in [-0.25, -0.2) is 9.78 Å². The number of Topliss-reactive ketones (excluding diaryl/α,β-unsaturated/α-hetero) is 1. The number of para-hydroxylation sites is 1. The molecule has 0 N–H and O–H groups in total. The van der Waals surface area contributed by atoms with Crippen LogP contribution in [0.15, 0.2) is 67.3 Å². The van der Waals surface area contributed by atoms with Gasteiger partial charge in [0.1, 0.15) is 0 Å². The van der Waals surface area contributed by atoms with Crippen LogP contribution >= 0.6 is 0 Å². The Bertz CT molecular complexity index is 1570. The third-order valence-electron chi connectivity index (χ3n) is 7.08. The van der Waals surface area contributed by atoms with Crippen LogP contribution in [-0.2, 0) is 17.7 Å². The summed E-state index contributed by atoms with van der Waals surface area (Å²) in [4.78, 5) is 31.4. The summed E-state index contributed by atoms with van der Waals surface area (Å²) in [5.41, 5.74) is 8.78. The molecule has 0 atom stereocenters. The second kappa shape index (κ2) is 10.0. The minimum Gasteiger partial charge on any atom is -0.454 e. The number of allylic oxidation sites excluding steroid dienone is 2. The lowest BCUT2D eigenvalue weighted by Crippen LogP contribution is -2.17. The van der Waals surface area contributed by atoms with Gasteiger partial charge in [0.05, 0.1) is 16.8 Å². The molecule has 0 aliphatic heterocycles. The van der Waals surface area contributed by atoms with Crippen LogP contribution in [0, 0.1) is 20.8 Å². The molecule has 1 aliphatic carbocycles. The molecule has 0 fully saturated rings. The molecule has 2 aromatic heterocycles. The lowest BCUT2D eigenvalue weighted by molar-refractivity contribution is 0.0475. The van der Waals surface area contributed by atoms with Gasteiger partial charge in [0.15, 0.2) is 6.61 Å². The summed E-state index contributed by atoms with van der Waals surface area (Å²) in [5.74, 6) is -0.702. The van der Waals surface area contributed by atoms with Crippen LogP contribution in [-0.4, -0.2) is 27.9 Å². The number of aromatic nitrogens is 2. The minimum atomic E-state index is -0.486. The van der Waals surface area contributed by atoms with Crippen LogP contribution in [0.4, 0.5) is 0 Å². The van der Waals surface area contributed by atoms with E-state index in [1.807, 2.05) is 48.7 Å². The van der Waals surface area contributed by atoms with E-state index in [0.717, 1.165) is 51.1 Å². The van der Waals surface area contributed by atoms with Crippen molar-refractivity contribution < 1.29 is 14.3 Å². The molecule has 0 bridgehead atoms. The first-order valence-electron chi connectivity index (χ1n) is 12.5. The molecule has 4 aromatic rings. The molecule has 0 saturated heterocycles. The highest BCUT2D eigenvalue weighted by Crippen LogP contribution is 2.37. The quantitative estimate of drug-likeness (QED) is 0.165. The van der Waals surface area contributed by atoms with Crippen LogP contribution in [0.5, 0.6) is 0 Å². The third kappa shape index (κ3) is 4.65. The zero-order valence-electron chi connectivity index (χ0n) is 21.5. The van der Waals surface area contributed by atoms with E-state index in [1.54, 1.807) is 6.08 Å². The first-order chi connectivity index (χ1) is 17.9. The summed E-state index contributed by atoms with van der Waals surface area (Å²) in [7, 11) is 0. The highest BCUT2D eigenvalue weighted by atomic mass is 16.5. The maximum Gasteiger partial charge on any atom is 0.339 e. The fourth-order valence-corrected chi connectivity index (χ4v) is 5.15. The van der Waals surface area contributed by atoms with Gasteiger partial charge in [-0.2, -0.15) is 0 Å². The van der Waals surface area contributed by atoms with Gasteiger partial charge in [0.2, 0.25) is 5.78 Å². The van der Waals surface area contributed by atoms with Gasteiger partial charge in [-0.15, -0.1) is 6.58 Å². The molecule has 0 radical (unpaired) electrons. The topological polar surface area (TPSA) is 61.2 Å². The number of hydrogen-bond donors (Lipinski definition) is 0. The van der Waals surface area contributed by atoms with E-state index in [4.69, 9.17) is 9.72 Å². The molecular weight excluding hydrogens is 460 g/mol. The number of aryl methyl sites for hydroxylation is 2. The first-order valence-corrected chi connectivity index (χ1v) is 12.5. The van der Waals surface area contributed by atoms with Crippen LogP contribution < -0.4 is 0 Å². The first kappa shape index (κ1) is 24.4. The molecule has 0 unspecified atom stereocenters. The number of carbonyl (C=O) groups is 2. The molecule has 2 aromatic carbocycles. The Morgan fingerprint density at radius 3 is 2.57 bits per heavy atom. The summed E-state index contributed by atoms with van der Waals surface area (Å²) in [6.07, 6.45) is 5.43. The third-order valence-corrected chi connectivity index (χ3v) is 7.08. The predicted octanol–water partition coefficient (Wildman–Crippen LogP) is 6.67. The molecule has 5 heteroatoms. The number of carbonyl (C=O) groups excluding carboxylic acids is 2. The maximum absolute atomic E-state index is 13.5. The van der Waals surface area contributed by atoms with Crippen molar-refractivity contribution in [2.24, 2.45) is 0 Å². The number of esters is 1. The van der Waals surface area contributed by atoms with Crippen molar-refractivity contribution in [1.29, 1.82) is 0 Å². The summed E-state index contributed by atoms with van der Waals surface area (Å²) in [6, 6.07) is 17.8. The highest BCUT2D eigenvalue weighted by molar-refractivity contribution is 6.08. The van der Waals surface area contributed by atoms with E-state index < -0.39 is 5.97 Å². The summed E-state index contributed by atoms with van der Waals surface area (Å²) in [6.45, 7) is 10.0. The largest absolute Gasteiger partial charge is 0.454 e. The van der Waals surface area contributed by atoms with Gasteiger partial charge < -0.3 is 9.30 Å². The lowest BCUT2D eigenvalue weighted by Gasteiger charge is -2.12. The maximum atomic E-state index is 13.5. The van der Waals surface area contributed by atoms with Gasteiger partial charge in [-0.1, -0.05) is 54.1 Å². The van der Waals surface area contributed by atoms with Gasteiger partial charge >= 0.3 is 5.97 Å². The Hall–Kier alpha value is -4.25. The molecule has 2 heterocycles. The molecule has 37 heavy (non-hydrogen) atoms. The second-order valence-electron chi connectivity index (χ2n) is 9.59. The average Bonchev–Trinajstić information content (AvgIpc) is 3.42. The molecule has 5 nitrogen and oxygen atoms in total. The van der Waals surface area contributed by atoms with Gasteiger partial charge in [0.25, 0.3) is 0 Å². The fourth-order valence-electron chi connectivity index (χ4n) is 5.15. The number of hydrogen-bond acceptors (Lipinski definition) is 4. The fraction of sp³-hybridized carbons (Fsp3) is 0.219. The van der Waals surface area contributed by atoms with Crippen LogP contribution in [0.25, 0.3) is 22.6 Å². The Morgan fingerprint density at radius 2 is 1.81 bits per heavy atom. The van der Waals surface area contributed by atoms with Crippen molar-refractivity contribution in [2.45, 2.75) is 40.2 Å². The molecule has 0 spiro atoms. The van der Waals surface area contributed by atoms with E-state index in [1.165, 1.54) is 5.56 Å². The highest BCUT2D eigenvalue weighted by Gasteiger charge is 2.28. The number of ether oxygens (including phenoxy) is 1. The predicted molar refractivity (Wildman–Crippen MR) is 148 cm³/mol. The van der Waals surface area contributed by atoms with Crippen molar-refractivity contribution in [1.82, 2.24) is 9.55 Å². The zero-order valence-corrected chi connectivity index (χ0v) is 21.5. The van der Waals surface area contributed by atoms with Crippen molar-refractivity contribution >= 4 is 34.3 Å². The van der Waals surface area contributed by atoms with Crippen LogP contribution in [0.1, 0.15) is 60.9 Å².